The number of hydrogen-bond donors (Lipinski definition) is 2. The number of halogens is 1. The van der Waals surface area contributed by atoms with Crippen LogP contribution in [0.4, 0.5) is 11.5 Å². The Labute approximate surface area is 127 Å². The molecular formula is C11H8BrN3O5S. The average molecular weight is 374 g/mol. The van der Waals surface area contributed by atoms with Gasteiger partial charge in [-0.15, -0.1) is 0 Å². The number of hydrogen-bond acceptors (Lipinski definition) is 6. The fourth-order valence-corrected chi connectivity index (χ4v) is 2.71. The minimum atomic E-state index is -3.95. The van der Waals surface area contributed by atoms with Gasteiger partial charge in [-0.3, -0.25) is 14.8 Å². The highest BCUT2D eigenvalue weighted by Gasteiger charge is 2.19. The molecule has 0 aliphatic carbocycles. The molecule has 8 nitrogen and oxygen atoms in total. The molecule has 1 aromatic heterocycles. The van der Waals surface area contributed by atoms with Crippen molar-refractivity contribution in [1.82, 2.24) is 4.98 Å². The molecule has 1 aromatic carbocycles. The first-order valence-corrected chi connectivity index (χ1v) is 7.69. The molecule has 0 aliphatic rings. The Bertz CT molecular complexity index is 792. The predicted molar refractivity (Wildman–Crippen MR) is 77.5 cm³/mol. The van der Waals surface area contributed by atoms with E-state index in [1.165, 1.54) is 24.3 Å². The number of pyridine rings is 1. The standard InChI is InChI=1S/C11H8BrN3O5S/c12-7-1-3-9(4-2-7)21(19,20)14-11-10(16)5-8(6-13-11)15(17)18/h1-6,16H,(H,13,14). The molecule has 0 saturated heterocycles. The van der Waals surface area contributed by atoms with Crippen molar-refractivity contribution < 1.29 is 18.4 Å². The zero-order chi connectivity index (χ0) is 15.6. The molecule has 10 heteroatoms. The molecule has 1 heterocycles. The van der Waals surface area contributed by atoms with E-state index in [4.69, 9.17) is 0 Å². The molecule has 0 spiro atoms. The topological polar surface area (TPSA) is 122 Å². The van der Waals surface area contributed by atoms with Crippen LogP contribution in [0.1, 0.15) is 0 Å². The van der Waals surface area contributed by atoms with E-state index in [2.05, 4.69) is 25.6 Å². The molecule has 0 fully saturated rings. The van der Waals surface area contributed by atoms with E-state index in [9.17, 15) is 23.6 Å². The summed E-state index contributed by atoms with van der Waals surface area (Å²) in [7, 11) is -3.95. The third-order valence-corrected chi connectivity index (χ3v) is 4.30. The Kier molecular flexibility index (Phi) is 4.09. The van der Waals surface area contributed by atoms with Crippen molar-refractivity contribution in [1.29, 1.82) is 0 Å². The first-order chi connectivity index (χ1) is 9.79. The van der Waals surface area contributed by atoms with Crippen molar-refractivity contribution in [3.8, 4) is 5.75 Å². The second kappa shape index (κ2) is 5.66. The van der Waals surface area contributed by atoms with E-state index < -0.39 is 26.4 Å². The van der Waals surface area contributed by atoms with Gasteiger partial charge in [-0.05, 0) is 24.3 Å². The summed E-state index contributed by atoms with van der Waals surface area (Å²) in [4.78, 5) is 13.3. The number of anilines is 1. The van der Waals surface area contributed by atoms with E-state index in [-0.39, 0.29) is 10.7 Å². The van der Waals surface area contributed by atoms with E-state index >= 15 is 0 Å². The highest BCUT2D eigenvalue weighted by atomic mass is 79.9. The molecular weight excluding hydrogens is 366 g/mol. The maximum atomic E-state index is 12.1. The van der Waals surface area contributed by atoms with Gasteiger partial charge >= 0.3 is 0 Å². The number of nitrogens with zero attached hydrogens (tertiary/aromatic N) is 2. The fraction of sp³-hybridized carbons (Fsp3) is 0. The molecule has 21 heavy (non-hydrogen) atoms. The number of benzene rings is 1. The lowest BCUT2D eigenvalue weighted by Gasteiger charge is -2.08. The molecule has 0 unspecified atom stereocenters. The monoisotopic (exact) mass is 373 g/mol. The zero-order valence-corrected chi connectivity index (χ0v) is 12.6. The van der Waals surface area contributed by atoms with Gasteiger partial charge in [-0.2, -0.15) is 0 Å². The molecule has 0 radical (unpaired) electrons. The minimum absolute atomic E-state index is 0.0368. The largest absolute Gasteiger partial charge is 0.504 e. The van der Waals surface area contributed by atoms with Crippen molar-refractivity contribution in [2.75, 3.05) is 4.72 Å². The van der Waals surface area contributed by atoms with Gasteiger partial charge in [0.25, 0.3) is 15.7 Å². The van der Waals surface area contributed by atoms with E-state index in [0.29, 0.717) is 4.47 Å². The Morgan fingerprint density at radius 2 is 1.90 bits per heavy atom. The summed E-state index contributed by atoms with van der Waals surface area (Å²) in [5.74, 6) is -1.02. The first kappa shape index (κ1) is 15.2. The van der Waals surface area contributed by atoms with Crippen LogP contribution in [0.15, 0.2) is 45.9 Å². The Balaban J connectivity index is 2.32. The number of nitro groups is 1. The van der Waals surface area contributed by atoms with Crippen LogP contribution in [0.2, 0.25) is 0 Å². The molecule has 2 aromatic rings. The number of rotatable bonds is 4. The van der Waals surface area contributed by atoms with Crippen LogP contribution < -0.4 is 4.72 Å². The van der Waals surface area contributed by atoms with E-state index in [1.54, 1.807) is 0 Å². The van der Waals surface area contributed by atoms with Gasteiger partial charge in [-0.1, -0.05) is 15.9 Å². The maximum Gasteiger partial charge on any atom is 0.291 e. The van der Waals surface area contributed by atoms with Crippen LogP contribution in [0.3, 0.4) is 0 Å². The maximum absolute atomic E-state index is 12.1. The number of aromatic nitrogens is 1. The summed E-state index contributed by atoms with van der Waals surface area (Å²) in [6.07, 6.45) is 0.846. The summed E-state index contributed by atoms with van der Waals surface area (Å²) < 4.78 is 26.9. The average Bonchev–Trinajstić information content (AvgIpc) is 2.41. The van der Waals surface area contributed by atoms with Crippen molar-refractivity contribution >= 4 is 37.5 Å². The van der Waals surface area contributed by atoms with Crippen molar-refractivity contribution in [2.45, 2.75) is 4.90 Å². The lowest BCUT2D eigenvalue weighted by Crippen LogP contribution is -2.14. The summed E-state index contributed by atoms with van der Waals surface area (Å²) in [5.41, 5.74) is -0.445. The second-order valence-electron chi connectivity index (χ2n) is 3.88. The molecule has 0 amide bonds. The quantitative estimate of drug-likeness (QED) is 0.625. The van der Waals surface area contributed by atoms with Crippen LogP contribution in [0, 0.1) is 10.1 Å². The normalized spacial score (nSPS) is 11.1. The van der Waals surface area contributed by atoms with Crippen molar-refractivity contribution in [3.63, 3.8) is 0 Å². The summed E-state index contributed by atoms with van der Waals surface area (Å²) >= 11 is 3.18. The van der Waals surface area contributed by atoms with Gasteiger partial charge in [0.2, 0.25) is 0 Å². The van der Waals surface area contributed by atoms with Gasteiger partial charge in [-0.25, -0.2) is 13.4 Å². The highest BCUT2D eigenvalue weighted by Crippen LogP contribution is 2.27. The molecule has 0 bridgehead atoms. The van der Waals surface area contributed by atoms with E-state index in [1.807, 2.05) is 0 Å². The van der Waals surface area contributed by atoms with Crippen LogP contribution in [-0.2, 0) is 10.0 Å². The zero-order valence-electron chi connectivity index (χ0n) is 10.2. The lowest BCUT2D eigenvalue weighted by molar-refractivity contribution is -0.385. The van der Waals surface area contributed by atoms with Crippen molar-refractivity contribution in [3.05, 3.63) is 51.1 Å². The number of aromatic hydroxyl groups is 1. The van der Waals surface area contributed by atoms with Gasteiger partial charge in [0, 0.05) is 4.47 Å². The van der Waals surface area contributed by atoms with Crippen LogP contribution in [0.5, 0.6) is 5.75 Å². The molecule has 0 saturated carbocycles. The summed E-state index contributed by atoms with van der Waals surface area (Å²) in [6.45, 7) is 0. The van der Waals surface area contributed by atoms with Crippen LogP contribution >= 0.6 is 15.9 Å². The number of nitrogens with one attached hydrogen (secondary N) is 1. The molecule has 0 aliphatic heterocycles. The molecule has 2 rings (SSSR count). The lowest BCUT2D eigenvalue weighted by atomic mass is 10.4. The third kappa shape index (κ3) is 3.47. The van der Waals surface area contributed by atoms with Gasteiger partial charge < -0.3 is 5.11 Å². The molecule has 2 N–H and O–H groups in total. The second-order valence-corrected chi connectivity index (χ2v) is 6.48. The van der Waals surface area contributed by atoms with Gasteiger partial charge in [0.15, 0.2) is 11.6 Å². The highest BCUT2D eigenvalue weighted by molar-refractivity contribution is 9.10. The molecule has 0 atom stereocenters. The van der Waals surface area contributed by atoms with Gasteiger partial charge in [0.05, 0.1) is 15.9 Å². The number of sulfonamides is 1. The summed E-state index contributed by atoms with van der Waals surface area (Å²) in [5, 5.41) is 20.1. The smallest absolute Gasteiger partial charge is 0.291 e. The Hall–Kier alpha value is -2.20. The minimum Gasteiger partial charge on any atom is -0.504 e. The van der Waals surface area contributed by atoms with E-state index in [0.717, 1.165) is 12.3 Å². The first-order valence-electron chi connectivity index (χ1n) is 5.41. The third-order valence-electron chi connectivity index (χ3n) is 2.42. The predicted octanol–water partition coefficient (Wildman–Crippen LogP) is 2.26. The fourth-order valence-electron chi connectivity index (χ4n) is 1.42. The molecule has 110 valence electrons. The van der Waals surface area contributed by atoms with Crippen LogP contribution in [0.25, 0.3) is 0 Å². The SMILES string of the molecule is O=[N+]([O-])c1cnc(NS(=O)(=O)c2ccc(Br)cc2)c(O)c1. The summed E-state index contributed by atoms with van der Waals surface area (Å²) in [6, 6.07) is 6.60. The Morgan fingerprint density at radius 3 is 2.43 bits per heavy atom. The Morgan fingerprint density at radius 1 is 1.29 bits per heavy atom. The van der Waals surface area contributed by atoms with Crippen molar-refractivity contribution in [2.24, 2.45) is 0 Å². The van der Waals surface area contributed by atoms with Crippen LogP contribution in [-0.4, -0.2) is 23.4 Å². The van der Waals surface area contributed by atoms with Gasteiger partial charge in [0.1, 0.15) is 6.20 Å².